The van der Waals surface area contributed by atoms with Crippen LogP contribution in [0.5, 0.6) is 5.75 Å². The fourth-order valence-electron chi connectivity index (χ4n) is 2.42. The molecule has 0 spiro atoms. The fraction of sp³-hybridized carbons (Fsp3) is 0.176. The summed E-state index contributed by atoms with van der Waals surface area (Å²) in [5.74, 6) is 0.641. The van der Waals surface area contributed by atoms with Gasteiger partial charge in [-0.15, -0.1) is 0 Å². The number of nitrogens with one attached hydrogen (secondary N) is 1. The molecule has 1 N–H and O–H groups in total. The van der Waals surface area contributed by atoms with E-state index in [0.717, 1.165) is 0 Å². The largest absolute Gasteiger partial charge is 0.493 e. The van der Waals surface area contributed by atoms with E-state index in [2.05, 4.69) is 10.3 Å². The van der Waals surface area contributed by atoms with E-state index >= 15 is 0 Å². The first-order valence-electron chi connectivity index (χ1n) is 7.25. The smallest absolute Gasteiger partial charge is 0.263 e. The first kappa shape index (κ1) is 15.0. The third-order valence-corrected chi connectivity index (χ3v) is 3.59. The Bertz CT molecular complexity index is 904. The van der Waals surface area contributed by atoms with Gasteiger partial charge in [0.2, 0.25) is 0 Å². The molecular weight excluding hydrogens is 297 g/mol. The van der Waals surface area contributed by atoms with Crippen LogP contribution in [-0.4, -0.2) is 16.5 Å². The SMILES string of the molecule is CCc1c(Nc2ccc(F)cc2)nc2c(OC)cccn2c1=O. The fourth-order valence-corrected chi connectivity index (χ4v) is 2.42. The van der Waals surface area contributed by atoms with Crippen LogP contribution in [0.4, 0.5) is 15.9 Å². The number of benzene rings is 1. The topological polar surface area (TPSA) is 55.6 Å². The van der Waals surface area contributed by atoms with E-state index in [-0.39, 0.29) is 11.4 Å². The zero-order valence-electron chi connectivity index (χ0n) is 12.8. The lowest BCUT2D eigenvalue weighted by Gasteiger charge is -2.13. The molecule has 2 heterocycles. The number of fused-ring (bicyclic) bond motifs is 1. The van der Waals surface area contributed by atoms with Crippen LogP contribution in [0.1, 0.15) is 12.5 Å². The van der Waals surface area contributed by atoms with Crippen LogP contribution in [0, 0.1) is 5.82 Å². The Balaban J connectivity index is 2.18. The van der Waals surface area contributed by atoms with Gasteiger partial charge in [-0.05, 0) is 42.8 Å². The normalized spacial score (nSPS) is 10.7. The molecular formula is C17H16FN3O2. The number of nitrogens with zero attached hydrogens (tertiary/aromatic N) is 2. The van der Waals surface area contributed by atoms with Crippen molar-refractivity contribution >= 4 is 17.2 Å². The number of hydrogen-bond acceptors (Lipinski definition) is 4. The van der Waals surface area contributed by atoms with Crippen LogP contribution >= 0.6 is 0 Å². The van der Waals surface area contributed by atoms with E-state index in [9.17, 15) is 9.18 Å². The molecule has 0 fully saturated rings. The lowest BCUT2D eigenvalue weighted by atomic mass is 10.2. The first-order chi connectivity index (χ1) is 11.1. The summed E-state index contributed by atoms with van der Waals surface area (Å²) >= 11 is 0. The van der Waals surface area contributed by atoms with Gasteiger partial charge in [-0.25, -0.2) is 9.37 Å². The van der Waals surface area contributed by atoms with Gasteiger partial charge in [0.15, 0.2) is 11.4 Å². The van der Waals surface area contributed by atoms with E-state index in [0.29, 0.717) is 34.9 Å². The summed E-state index contributed by atoms with van der Waals surface area (Å²) in [6.45, 7) is 1.89. The maximum atomic E-state index is 13.0. The van der Waals surface area contributed by atoms with Crippen LogP contribution in [0.2, 0.25) is 0 Å². The molecule has 118 valence electrons. The maximum absolute atomic E-state index is 13.0. The maximum Gasteiger partial charge on any atom is 0.263 e. The number of pyridine rings is 1. The molecule has 1 aromatic carbocycles. The zero-order chi connectivity index (χ0) is 16.4. The molecule has 0 amide bonds. The molecule has 6 heteroatoms. The summed E-state index contributed by atoms with van der Waals surface area (Å²) in [6.07, 6.45) is 2.18. The molecule has 0 atom stereocenters. The lowest BCUT2D eigenvalue weighted by Crippen LogP contribution is -2.21. The minimum absolute atomic E-state index is 0.152. The molecule has 2 aromatic heterocycles. The van der Waals surface area contributed by atoms with Gasteiger partial charge in [-0.1, -0.05) is 6.92 Å². The minimum Gasteiger partial charge on any atom is -0.493 e. The van der Waals surface area contributed by atoms with Gasteiger partial charge in [-0.3, -0.25) is 9.20 Å². The van der Waals surface area contributed by atoms with E-state index in [1.54, 1.807) is 30.5 Å². The average molecular weight is 313 g/mol. The zero-order valence-corrected chi connectivity index (χ0v) is 12.8. The highest BCUT2D eigenvalue weighted by molar-refractivity contribution is 5.64. The molecule has 0 aliphatic carbocycles. The van der Waals surface area contributed by atoms with Crippen molar-refractivity contribution < 1.29 is 9.13 Å². The van der Waals surface area contributed by atoms with Crippen LogP contribution < -0.4 is 15.6 Å². The van der Waals surface area contributed by atoms with Gasteiger partial charge < -0.3 is 10.1 Å². The molecule has 0 saturated carbocycles. The lowest BCUT2D eigenvalue weighted by molar-refractivity contribution is 0.416. The summed E-state index contributed by atoms with van der Waals surface area (Å²) in [5.41, 5.74) is 1.50. The summed E-state index contributed by atoms with van der Waals surface area (Å²) in [7, 11) is 1.53. The van der Waals surface area contributed by atoms with Crippen molar-refractivity contribution in [2.75, 3.05) is 12.4 Å². The predicted octanol–water partition coefficient (Wildman–Crippen LogP) is 3.15. The number of halogens is 1. The molecule has 5 nitrogen and oxygen atoms in total. The molecule has 0 saturated heterocycles. The summed E-state index contributed by atoms with van der Waals surface area (Å²) in [5, 5.41) is 3.09. The Labute approximate surface area is 132 Å². The van der Waals surface area contributed by atoms with E-state index in [4.69, 9.17) is 4.74 Å². The monoisotopic (exact) mass is 313 g/mol. The average Bonchev–Trinajstić information content (AvgIpc) is 2.57. The molecule has 0 aliphatic heterocycles. The quantitative estimate of drug-likeness (QED) is 0.804. The highest BCUT2D eigenvalue weighted by Crippen LogP contribution is 2.22. The molecule has 0 unspecified atom stereocenters. The van der Waals surface area contributed by atoms with Crippen molar-refractivity contribution in [1.29, 1.82) is 0 Å². The Morgan fingerprint density at radius 3 is 2.65 bits per heavy atom. The Hall–Kier alpha value is -2.89. The first-order valence-corrected chi connectivity index (χ1v) is 7.25. The summed E-state index contributed by atoms with van der Waals surface area (Å²) < 4.78 is 19.8. The highest BCUT2D eigenvalue weighted by Gasteiger charge is 2.14. The molecule has 3 rings (SSSR count). The third-order valence-electron chi connectivity index (χ3n) is 3.59. The van der Waals surface area contributed by atoms with Gasteiger partial charge in [-0.2, -0.15) is 0 Å². The third kappa shape index (κ3) is 2.75. The minimum atomic E-state index is -0.320. The molecule has 3 aromatic rings. The van der Waals surface area contributed by atoms with Crippen molar-refractivity contribution in [3.8, 4) is 5.75 Å². The van der Waals surface area contributed by atoms with Crippen LogP contribution in [0.15, 0.2) is 47.4 Å². The molecule has 0 bridgehead atoms. The number of hydrogen-bond donors (Lipinski definition) is 1. The van der Waals surface area contributed by atoms with Gasteiger partial charge >= 0.3 is 0 Å². The van der Waals surface area contributed by atoms with Crippen LogP contribution in [0.3, 0.4) is 0 Å². The number of rotatable bonds is 4. The Kier molecular flexibility index (Phi) is 3.97. The van der Waals surface area contributed by atoms with Gasteiger partial charge in [0, 0.05) is 11.9 Å². The number of ether oxygens (including phenoxy) is 1. The Morgan fingerprint density at radius 2 is 2.00 bits per heavy atom. The second-order valence-corrected chi connectivity index (χ2v) is 5.00. The molecule has 23 heavy (non-hydrogen) atoms. The second kappa shape index (κ2) is 6.08. The summed E-state index contributed by atoms with van der Waals surface area (Å²) in [6, 6.07) is 9.38. The van der Waals surface area contributed by atoms with Crippen molar-refractivity contribution in [1.82, 2.24) is 9.38 Å². The van der Waals surface area contributed by atoms with E-state index < -0.39 is 0 Å². The van der Waals surface area contributed by atoms with Crippen molar-refractivity contribution in [3.63, 3.8) is 0 Å². The van der Waals surface area contributed by atoms with Crippen molar-refractivity contribution in [2.45, 2.75) is 13.3 Å². The Morgan fingerprint density at radius 1 is 1.26 bits per heavy atom. The van der Waals surface area contributed by atoms with Crippen molar-refractivity contribution in [2.24, 2.45) is 0 Å². The second-order valence-electron chi connectivity index (χ2n) is 5.00. The summed E-state index contributed by atoms with van der Waals surface area (Å²) in [4.78, 5) is 17.2. The van der Waals surface area contributed by atoms with Gasteiger partial charge in [0.25, 0.3) is 5.56 Å². The van der Waals surface area contributed by atoms with Crippen LogP contribution in [-0.2, 0) is 6.42 Å². The van der Waals surface area contributed by atoms with Gasteiger partial charge in [0.05, 0.1) is 12.7 Å². The number of methoxy groups -OCH3 is 1. The number of aromatic nitrogens is 2. The van der Waals surface area contributed by atoms with E-state index in [1.807, 2.05) is 6.92 Å². The number of anilines is 2. The van der Waals surface area contributed by atoms with Crippen molar-refractivity contribution in [3.05, 3.63) is 64.3 Å². The standard InChI is InChI=1S/C17H16FN3O2/c1-3-13-15(19-12-8-6-11(18)7-9-12)20-16-14(23-2)5-4-10-21(16)17(13)22/h4-10,19H,3H2,1-2H3. The van der Waals surface area contributed by atoms with Gasteiger partial charge in [0.1, 0.15) is 11.6 Å². The predicted molar refractivity (Wildman–Crippen MR) is 87.1 cm³/mol. The molecule has 0 radical (unpaired) electrons. The highest BCUT2D eigenvalue weighted by atomic mass is 19.1. The van der Waals surface area contributed by atoms with Crippen LogP contribution in [0.25, 0.3) is 5.65 Å². The van der Waals surface area contributed by atoms with E-state index in [1.165, 1.54) is 23.6 Å². The molecule has 0 aliphatic rings.